The van der Waals surface area contributed by atoms with Gasteiger partial charge in [-0.15, -0.1) is 0 Å². The van der Waals surface area contributed by atoms with E-state index in [1.54, 1.807) is 6.26 Å². The lowest BCUT2D eigenvalue weighted by atomic mass is 10.1. The summed E-state index contributed by atoms with van der Waals surface area (Å²) in [6, 6.07) is 0. The fourth-order valence-corrected chi connectivity index (χ4v) is 1.99. The largest absolute Gasteiger partial charge is 0.302 e. The van der Waals surface area contributed by atoms with Crippen LogP contribution in [0.1, 0.15) is 0 Å². The highest BCUT2D eigenvalue weighted by molar-refractivity contribution is 7.97. The molecule has 0 heterocycles. The van der Waals surface area contributed by atoms with Crippen LogP contribution in [0.5, 0.6) is 0 Å². The molecule has 0 amide bonds. The Morgan fingerprint density at radius 1 is 1.53 bits per heavy atom. The summed E-state index contributed by atoms with van der Waals surface area (Å²) in [4.78, 5) is 1.20. The average Bonchev–Trinajstić information content (AvgIpc) is 2.21. The number of rotatable bonds is 3. The van der Waals surface area contributed by atoms with Crippen molar-refractivity contribution in [1.82, 2.24) is 4.89 Å². The molecule has 0 saturated carbocycles. The third-order valence-electron chi connectivity index (χ3n) is 1.67. The maximum atomic E-state index is 11.2. The summed E-state index contributed by atoms with van der Waals surface area (Å²) >= 11 is 1.26. The Hall–Kier alpha value is -0.890. The van der Waals surface area contributed by atoms with Crippen LogP contribution in [0, 0.1) is 0 Å². The van der Waals surface area contributed by atoms with Crippen molar-refractivity contribution in [3.05, 3.63) is 35.3 Å². The molecule has 82 valence electrons. The van der Waals surface area contributed by atoms with Crippen molar-refractivity contribution in [2.45, 2.75) is 0 Å². The number of hydrogen-bond acceptors (Lipinski definition) is 5. The van der Waals surface area contributed by atoms with Gasteiger partial charge in [0.05, 0.1) is 10.6 Å². The monoisotopic (exact) mass is 246 g/mol. The van der Waals surface area contributed by atoms with Crippen LogP contribution in [0.2, 0.25) is 0 Å². The minimum absolute atomic E-state index is 0.0462. The van der Waals surface area contributed by atoms with Gasteiger partial charge in [0, 0.05) is 6.26 Å². The molecule has 0 spiro atoms. The summed E-state index contributed by atoms with van der Waals surface area (Å²) < 4.78 is 26.4. The van der Waals surface area contributed by atoms with E-state index in [9.17, 15) is 8.42 Å². The zero-order valence-electron chi connectivity index (χ0n) is 7.97. The lowest BCUT2D eigenvalue weighted by molar-refractivity contribution is 0.244. The van der Waals surface area contributed by atoms with Crippen molar-refractivity contribution in [1.29, 1.82) is 0 Å². The summed E-state index contributed by atoms with van der Waals surface area (Å²) in [6.07, 6.45) is 6.01. The molecule has 0 unspecified atom stereocenters. The fraction of sp³-hybridized carbons (Fsp3) is 0.125. The van der Waals surface area contributed by atoms with Crippen LogP contribution in [-0.2, 0) is 10.0 Å². The molecule has 0 aromatic carbocycles. The van der Waals surface area contributed by atoms with Crippen molar-refractivity contribution in [2.75, 3.05) is 6.26 Å². The molecular weight excluding hydrogens is 236 g/mol. The van der Waals surface area contributed by atoms with Gasteiger partial charge in [-0.1, -0.05) is 11.5 Å². The minimum Gasteiger partial charge on any atom is -0.302 e. The van der Waals surface area contributed by atoms with E-state index >= 15 is 0 Å². The van der Waals surface area contributed by atoms with Crippen LogP contribution in [0.15, 0.2) is 39.7 Å². The Balaban J connectivity index is 3.05. The molecule has 0 fully saturated rings. The van der Waals surface area contributed by atoms with Gasteiger partial charge in [0.15, 0.2) is 0 Å². The Morgan fingerprint density at radius 3 is 2.67 bits per heavy atom. The van der Waals surface area contributed by atoms with Gasteiger partial charge < -0.3 is 5.21 Å². The van der Waals surface area contributed by atoms with E-state index in [1.165, 1.54) is 35.1 Å². The van der Waals surface area contributed by atoms with Crippen LogP contribution in [0.3, 0.4) is 0 Å². The second-order valence-electron chi connectivity index (χ2n) is 2.66. The van der Waals surface area contributed by atoms with Gasteiger partial charge in [0.1, 0.15) is 0 Å². The van der Waals surface area contributed by atoms with E-state index in [0.717, 1.165) is 0 Å². The maximum Gasteiger partial charge on any atom is 0.262 e. The normalized spacial score (nSPS) is 19.5. The van der Waals surface area contributed by atoms with E-state index in [2.05, 4.69) is 11.0 Å². The molecule has 5 nitrogen and oxygen atoms in total. The zero-order valence-corrected chi connectivity index (χ0v) is 9.60. The SMILES string of the molecule is C=C1C=C(S(=O)(=O)NO)C=C/C1=N/SC. The van der Waals surface area contributed by atoms with Gasteiger partial charge in [0.2, 0.25) is 0 Å². The molecule has 0 atom stereocenters. The molecular formula is C8H10N2O3S2. The molecule has 0 aliphatic heterocycles. The topological polar surface area (TPSA) is 78.8 Å². The molecule has 1 rings (SSSR count). The number of nitrogens with zero attached hydrogens (tertiary/aromatic N) is 1. The van der Waals surface area contributed by atoms with Crippen molar-refractivity contribution in [3.8, 4) is 0 Å². The smallest absolute Gasteiger partial charge is 0.262 e. The maximum absolute atomic E-state index is 11.2. The standard InChI is InChI=1S/C8H10N2O3S2/c1-6-5-7(15(12,13)10-11)3-4-8(6)9-14-2/h3-5,10-11H,1H2,2H3/b9-8-. The van der Waals surface area contributed by atoms with Gasteiger partial charge in [0.25, 0.3) is 10.0 Å². The molecule has 1 aliphatic rings. The summed E-state index contributed by atoms with van der Waals surface area (Å²) in [5, 5.41) is 8.43. The predicted molar refractivity (Wildman–Crippen MR) is 61.2 cm³/mol. The Morgan fingerprint density at radius 2 is 2.20 bits per heavy atom. The molecule has 1 aliphatic carbocycles. The molecule has 0 radical (unpaired) electrons. The third kappa shape index (κ3) is 2.78. The molecule has 0 aromatic rings. The molecule has 0 bridgehead atoms. The highest BCUT2D eigenvalue weighted by atomic mass is 32.2. The molecule has 15 heavy (non-hydrogen) atoms. The first-order valence-electron chi connectivity index (χ1n) is 3.87. The van der Waals surface area contributed by atoms with Crippen molar-refractivity contribution >= 4 is 27.7 Å². The molecule has 0 aromatic heterocycles. The van der Waals surface area contributed by atoms with Crippen molar-refractivity contribution in [3.63, 3.8) is 0 Å². The van der Waals surface area contributed by atoms with Crippen LogP contribution < -0.4 is 4.89 Å². The molecule has 7 heteroatoms. The van der Waals surface area contributed by atoms with Gasteiger partial charge in [-0.25, -0.2) is 12.8 Å². The summed E-state index contributed by atoms with van der Waals surface area (Å²) in [6.45, 7) is 3.67. The van der Waals surface area contributed by atoms with Crippen LogP contribution in [-0.4, -0.2) is 25.6 Å². The third-order valence-corrected chi connectivity index (χ3v) is 3.17. The van der Waals surface area contributed by atoms with Gasteiger partial charge in [-0.3, -0.25) is 0 Å². The van der Waals surface area contributed by atoms with Crippen LogP contribution in [0.25, 0.3) is 0 Å². The number of hydrogen-bond donors (Lipinski definition) is 2. The number of allylic oxidation sites excluding steroid dienone is 4. The highest BCUT2D eigenvalue weighted by Gasteiger charge is 2.17. The molecule has 2 N–H and O–H groups in total. The van der Waals surface area contributed by atoms with Crippen LogP contribution in [0.4, 0.5) is 0 Å². The average molecular weight is 246 g/mol. The van der Waals surface area contributed by atoms with E-state index in [1.807, 2.05) is 0 Å². The van der Waals surface area contributed by atoms with Crippen LogP contribution >= 0.6 is 11.9 Å². The molecule has 0 saturated heterocycles. The fourth-order valence-electron chi connectivity index (χ4n) is 0.969. The number of sulfonamides is 1. The summed E-state index contributed by atoms with van der Waals surface area (Å²) in [5.74, 6) is 0. The van der Waals surface area contributed by atoms with E-state index in [-0.39, 0.29) is 4.91 Å². The predicted octanol–water partition coefficient (Wildman–Crippen LogP) is 1.02. The van der Waals surface area contributed by atoms with Crippen molar-refractivity contribution < 1.29 is 13.6 Å². The second kappa shape index (κ2) is 4.75. The first-order chi connectivity index (χ1) is 7.01. The first-order valence-corrected chi connectivity index (χ1v) is 6.54. The minimum atomic E-state index is -3.84. The van der Waals surface area contributed by atoms with Gasteiger partial charge in [-0.2, -0.15) is 0 Å². The number of nitrogens with one attached hydrogen (secondary N) is 1. The highest BCUT2D eigenvalue weighted by Crippen LogP contribution is 2.18. The summed E-state index contributed by atoms with van der Waals surface area (Å²) in [5.41, 5.74) is 1.10. The quantitative estimate of drug-likeness (QED) is 0.575. The zero-order chi connectivity index (χ0) is 11.5. The summed E-state index contributed by atoms with van der Waals surface area (Å²) in [7, 11) is -3.84. The Labute approximate surface area is 92.4 Å². The van der Waals surface area contributed by atoms with E-state index in [0.29, 0.717) is 11.3 Å². The first kappa shape index (κ1) is 12.2. The second-order valence-corrected chi connectivity index (χ2v) is 4.87. The lowest BCUT2D eigenvalue weighted by Crippen LogP contribution is -2.21. The van der Waals surface area contributed by atoms with Gasteiger partial charge >= 0.3 is 0 Å². The lowest BCUT2D eigenvalue weighted by Gasteiger charge is -2.09. The Bertz CT molecular complexity index is 460. The van der Waals surface area contributed by atoms with Crippen molar-refractivity contribution in [2.24, 2.45) is 4.40 Å². The van der Waals surface area contributed by atoms with E-state index < -0.39 is 10.0 Å². The van der Waals surface area contributed by atoms with Gasteiger partial charge in [-0.05, 0) is 35.7 Å². The van der Waals surface area contributed by atoms with E-state index in [4.69, 9.17) is 5.21 Å². The Kier molecular flexibility index (Phi) is 3.86.